The predicted molar refractivity (Wildman–Crippen MR) is 68.8 cm³/mol. The molecule has 2 rings (SSSR count). The lowest BCUT2D eigenvalue weighted by atomic mass is 10.1. The molecule has 0 N–H and O–H groups in total. The van der Waals surface area contributed by atoms with Gasteiger partial charge in [-0.25, -0.2) is 0 Å². The molecule has 1 aliphatic rings. The van der Waals surface area contributed by atoms with Crippen molar-refractivity contribution in [1.82, 2.24) is 0 Å². The maximum atomic E-state index is 12.1. The van der Waals surface area contributed by atoms with Gasteiger partial charge in [0.25, 0.3) is 0 Å². The Morgan fingerprint density at radius 2 is 2.35 bits per heavy atom. The maximum absolute atomic E-state index is 12.1. The summed E-state index contributed by atoms with van der Waals surface area (Å²) in [5.74, 6) is -0.153. The van der Waals surface area contributed by atoms with Gasteiger partial charge in [0, 0.05) is 22.1 Å². The molecule has 5 nitrogen and oxygen atoms in total. The number of rotatable bonds is 1. The quantitative estimate of drug-likeness (QED) is 0.446. The zero-order valence-electron chi connectivity index (χ0n) is 9.30. The highest BCUT2D eigenvalue weighted by Gasteiger charge is 2.27. The third-order valence-electron chi connectivity index (χ3n) is 2.90. The lowest BCUT2D eigenvalue weighted by Gasteiger charge is -2.19. The molecule has 1 unspecified atom stereocenters. The molecule has 0 aliphatic carbocycles. The molecule has 0 saturated heterocycles. The van der Waals surface area contributed by atoms with Crippen LogP contribution in [0.4, 0.5) is 5.69 Å². The standard InChI is InChI=1S/C11H11BrN4O/c1-16-10-6-8(12)4-2-7(10)3-5-9(11(16)17)14-15-13/h2,4,6,9H,3,5H2,1H3. The van der Waals surface area contributed by atoms with E-state index >= 15 is 0 Å². The van der Waals surface area contributed by atoms with Crippen molar-refractivity contribution in [3.8, 4) is 0 Å². The summed E-state index contributed by atoms with van der Waals surface area (Å²) < 4.78 is 0.929. The third kappa shape index (κ3) is 2.28. The Labute approximate surface area is 107 Å². The van der Waals surface area contributed by atoms with E-state index < -0.39 is 6.04 Å². The molecular weight excluding hydrogens is 284 g/mol. The van der Waals surface area contributed by atoms with Crippen LogP contribution in [0, 0.1) is 0 Å². The normalized spacial score (nSPS) is 19.3. The number of likely N-dealkylation sites (N-methyl/N-ethyl adjacent to an activating group) is 1. The van der Waals surface area contributed by atoms with Crippen molar-refractivity contribution in [2.45, 2.75) is 18.9 Å². The van der Waals surface area contributed by atoms with Crippen molar-refractivity contribution in [2.24, 2.45) is 5.11 Å². The van der Waals surface area contributed by atoms with Gasteiger partial charge in [0.15, 0.2) is 0 Å². The van der Waals surface area contributed by atoms with Crippen LogP contribution in [0.3, 0.4) is 0 Å². The van der Waals surface area contributed by atoms with E-state index in [2.05, 4.69) is 26.0 Å². The molecule has 1 amide bonds. The number of hydrogen-bond donors (Lipinski definition) is 0. The summed E-state index contributed by atoms with van der Waals surface area (Å²) in [6.45, 7) is 0. The van der Waals surface area contributed by atoms with Gasteiger partial charge >= 0.3 is 0 Å². The van der Waals surface area contributed by atoms with Gasteiger partial charge in [-0.05, 0) is 36.1 Å². The number of halogens is 1. The first kappa shape index (κ1) is 12.0. The first-order valence-corrected chi connectivity index (χ1v) is 6.03. The third-order valence-corrected chi connectivity index (χ3v) is 3.40. The largest absolute Gasteiger partial charge is 0.315 e. The number of carbonyl (C=O) groups is 1. The van der Waals surface area contributed by atoms with Crippen LogP contribution in [0.2, 0.25) is 0 Å². The summed E-state index contributed by atoms with van der Waals surface area (Å²) in [4.78, 5) is 16.4. The molecular formula is C11H11BrN4O. The number of anilines is 1. The molecule has 0 bridgehead atoms. The molecule has 17 heavy (non-hydrogen) atoms. The Kier molecular flexibility index (Phi) is 3.36. The Hall–Kier alpha value is -1.52. The monoisotopic (exact) mass is 294 g/mol. The minimum atomic E-state index is -0.601. The second-order valence-electron chi connectivity index (χ2n) is 3.93. The number of nitrogens with zero attached hydrogens (tertiary/aromatic N) is 4. The highest BCUT2D eigenvalue weighted by Crippen LogP contribution is 2.29. The molecule has 0 saturated carbocycles. The number of hydrogen-bond acceptors (Lipinski definition) is 2. The van der Waals surface area contributed by atoms with Gasteiger partial charge in [-0.3, -0.25) is 4.79 Å². The van der Waals surface area contributed by atoms with E-state index in [0.29, 0.717) is 6.42 Å². The van der Waals surface area contributed by atoms with Crippen LogP contribution < -0.4 is 4.90 Å². The fraction of sp³-hybridized carbons (Fsp3) is 0.364. The first-order valence-electron chi connectivity index (χ1n) is 5.23. The highest BCUT2D eigenvalue weighted by molar-refractivity contribution is 9.10. The van der Waals surface area contributed by atoms with E-state index in [1.807, 2.05) is 18.2 Å². The van der Waals surface area contributed by atoms with Crippen molar-refractivity contribution in [1.29, 1.82) is 0 Å². The molecule has 1 aliphatic heterocycles. The minimum Gasteiger partial charge on any atom is -0.315 e. The number of fused-ring (bicyclic) bond motifs is 1. The Balaban J connectivity index is 2.44. The Morgan fingerprint density at radius 3 is 3.06 bits per heavy atom. The second-order valence-corrected chi connectivity index (χ2v) is 4.85. The van der Waals surface area contributed by atoms with Crippen molar-refractivity contribution in [3.05, 3.63) is 38.7 Å². The van der Waals surface area contributed by atoms with Gasteiger partial charge in [0.2, 0.25) is 5.91 Å². The van der Waals surface area contributed by atoms with Gasteiger partial charge in [-0.15, -0.1) is 0 Å². The zero-order chi connectivity index (χ0) is 12.4. The highest BCUT2D eigenvalue weighted by atomic mass is 79.9. The van der Waals surface area contributed by atoms with Crippen LogP contribution in [-0.2, 0) is 11.2 Å². The lowest BCUT2D eigenvalue weighted by Crippen LogP contribution is -2.33. The fourth-order valence-electron chi connectivity index (χ4n) is 1.99. The maximum Gasteiger partial charge on any atom is 0.235 e. The summed E-state index contributed by atoms with van der Waals surface area (Å²) in [6.07, 6.45) is 1.30. The summed E-state index contributed by atoms with van der Waals surface area (Å²) in [6, 6.07) is 5.24. The van der Waals surface area contributed by atoms with Gasteiger partial charge in [-0.2, -0.15) is 0 Å². The molecule has 1 aromatic carbocycles. The SMILES string of the molecule is CN1C(=O)C(N=[N+]=[N-])CCc2ccc(Br)cc21. The second kappa shape index (κ2) is 4.77. The van der Waals surface area contributed by atoms with Crippen LogP contribution in [0.1, 0.15) is 12.0 Å². The predicted octanol–water partition coefficient (Wildman–Crippen LogP) is 3.04. The number of carbonyl (C=O) groups excluding carboxylic acids is 1. The topological polar surface area (TPSA) is 69.1 Å². The van der Waals surface area contributed by atoms with Gasteiger partial charge in [-0.1, -0.05) is 27.1 Å². The zero-order valence-corrected chi connectivity index (χ0v) is 10.9. The average molecular weight is 295 g/mol. The van der Waals surface area contributed by atoms with Crippen LogP contribution in [0.25, 0.3) is 10.4 Å². The van der Waals surface area contributed by atoms with E-state index in [4.69, 9.17) is 5.53 Å². The lowest BCUT2D eigenvalue weighted by molar-refractivity contribution is -0.119. The Morgan fingerprint density at radius 1 is 1.59 bits per heavy atom. The smallest absolute Gasteiger partial charge is 0.235 e. The molecule has 6 heteroatoms. The van der Waals surface area contributed by atoms with Crippen molar-refractivity contribution >= 4 is 27.5 Å². The molecule has 0 fully saturated rings. The van der Waals surface area contributed by atoms with Gasteiger partial charge < -0.3 is 4.90 Å². The number of benzene rings is 1. The molecule has 0 spiro atoms. The van der Waals surface area contributed by atoms with E-state index in [1.54, 1.807) is 11.9 Å². The molecule has 1 atom stereocenters. The van der Waals surface area contributed by atoms with E-state index in [-0.39, 0.29) is 5.91 Å². The molecule has 0 aromatic heterocycles. The van der Waals surface area contributed by atoms with E-state index in [9.17, 15) is 4.79 Å². The van der Waals surface area contributed by atoms with Crippen LogP contribution >= 0.6 is 15.9 Å². The summed E-state index contributed by atoms with van der Waals surface area (Å²) in [5.41, 5.74) is 10.4. The van der Waals surface area contributed by atoms with E-state index in [1.165, 1.54) is 0 Å². The van der Waals surface area contributed by atoms with Gasteiger partial charge in [0.1, 0.15) is 6.04 Å². The molecule has 1 aromatic rings. The summed E-state index contributed by atoms with van der Waals surface area (Å²) >= 11 is 3.39. The van der Waals surface area contributed by atoms with Crippen LogP contribution in [-0.4, -0.2) is 19.0 Å². The van der Waals surface area contributed by atoms with Crippen LogP contribution in [0.5, 0.6) is 0 Å². The first-order chi connectivity index (χ1) is 8.13. The number of azide groups is 1. The van der Waals surface area contributed by atoms with Crippen molar-refractivity contribution in [2.75, 3.05) is 11.9 Å². The summed E-state index contributed by atoms with van der Waals surface area (Å²) in [5, 5.41) is 3.56. The molecule has 88 valence electrons. The minimum absolute atomic E-state index is 0.153. The average Bonchev–Trinajstić information content (AvgIpc) is 2.43. The molecule has 0 radical (unpaired) electrons. The Bertz CT molecular complexity index is 510. The van der Waals surface area contributed by atoms with Gasteiger partial charge in [0.05, 0.1) is 0 Å². The van der Waals surface area contributed by atoms with Crippen molar-refractivity contribution < 1.29 is 4.79 Å². The fourth-order valence-corrected chi connectivity index (χ4v) is 2.34. The molecule has 1 heterocycles. The number of aryl methyl sites for hydroxylation is 1. The van der Waals surface area contributed by atoms with Crippen molar-refractivity contribution in [3.63, 3.8) is 0 Å². The number of amides is 1. The van der Waals surface area contributed by atoms with E-state index in [0.717, 1.165) is 22.1 Å². The summed E-state index contributed by atoms with van der Waals surface area (Å²) in [7, 11) is 1.71. The van der Waals surface area contributed by atoms with Crippen LogP contribution in [0.15, 0.2) is 27.8 Å².